The zero-order valence-electron chi connectivity index (χ0n) is 31.6. The van der Waals surface area contributed by atoms with Gasteiger partial charge < -0.3 is 30.7 Å². The minimum Gasteiger partial charge on any atom is -0.404 e. The minimum atomic E-state index is -4.92. The second-order valence-electron chi connectivity index (χ2n) is 16.5. The molecule has 16 heteroatoms. The van der Waals surface area contributed by atoms with Crippen LogP contribution in [0.25, 0.3) is 21.5 Å². The molecule has 2 heterocycles. The van der Waals surface area contributed by atoms with E-state index >= 15 is 0 Å². The first-order chi connectivity index (χ1) is 27.0. The average Bonchev–Trinajstić information content (AvgIpc) is 3.71. The Hall–Kier alpha value is -4.23. The molecule has 13 nitrogen and oxygen atoms in total. The van der Waals surface area contributed by atoms with Gasteiger partial charge in [0.05, 0.1) is 28.2 Å². The number of nitrogens with zero attached hydrogens (tertiary/aromatic N) is 2. The van der Waals surface area contributed by atoms with E-state index in [0.29, 0.717) is 53.6 Å². The molecule has 57 heavy (non-hydrogen) atoms. The van der Waals surface area contributed by atoms with Crippen LogP contribution in [0, 0.1) is 16.7 Å². The molecule has 0 unspecified atom stereocenters. The fourth-order valence-electron chi connectivity index (χ4n) is 9.53. The molecule has 6 N–H and O–H groups in total. The van der Waals surface area contributed by atoms with Crippen LogP contribution in [0.4, 0.5) is 17.1 Å². The lowest BCUT2D eigenvalue weighted by molar-refractivity contribution is -0.205. The first kappa shape index (κ1) is 39.6. The fraction of sp³-hybridized carbons (Fsp3) is 0.415. The molecule has 4 aromatic rings. The number of phosphoric ester groups is 1. The third-order valence-electron chi connectivity index (χ3n) is 12.3. The molecule has 5 aliphatic rings. The minimum absolute atomic E-state index is 0.0332. The SMILES string of the molecule is CC(C)[C@H](N)C(=O)N[C@@H](C)C(=O)Nc1cc2c(c3ccccc13)[C@H](CCl)CN2C(=O)C12CC(C(=O)N3C[C@@H](CCl)c4c3cc(OP(=O)(O)O)c3ccccc43)(C1)C2. The number of nitrogens with one attached hydrogen (secondary N) is 2. The summed E-state index contributed by atoms with van der Waals surface area (Å²) in [6.45, 7) is 5.87. The summed E-state index contributed by atoms with van der Waals surface area (Å²) in [5, 5.41) is 8.49. The van der Waals surface area contributed by atoms with Gasteiger partial charge in [0.15, 0.2) is 0 Å². The molecule has 4 atom stereocenters. The van der Waals surface area contributed by atoms with E-state index in [1.54, 1.807) is 34.9 Å². The molecule has 0 aromatic heterocycles. The van der Waals surface area contributed by atoms with Gasteiger partial charge in [-0.05, 0) is 60.1 Å². The number of nitrogens with two attached hydrogens (primary N) is 1. The van der Waals surface area contributed by atoms with Crippen LogP contribution in [0.5, 0.6) is 5.75 Å². The number of carbonyl (C=O) groups excluding carboxylic acids is 4. The highest BCUT2D eigenvalue weighted by molar-refractivity contribution is 7.46. The number of benzene rings is 4. The van der Waals surface area contributed by atoms with Gasteiger partial charge in [0.2, 0.25) is 23.6 Å². The van der Waals surface area contributed by atoms with Crippen molar-refractivity contribution in [3.05, 3.63) is 71.8 Å². The Morgan fingerprint density at radius 2 is 1.28 bits per heavy atom. The summed E-state index contributed by atoms with van der Waals surface area (Å²) in [6, 6.07) is 16.4. The summed E-state index contributed by atoms with van der Waals surface area (Å²) in [7, 11) is -4.92. The Balaban J connectivity index is 1.06. The van der Waals surface area contributed by atoms with Crippen LogP contribution >= 0.6 is 31.0 Å². The predicted octanol–water partition coefficient (Wildman–Crippen LogP) is 6.10. The zero-order chi connectivity index (χ0) is 40.8. The van der Waals surface area contributed by atoms with Crippen molar-refractivity contribution in [2.75, 3.05) is 40.0 Å². The van der Waals surface area contributed by atoms with Gasteiger partial charge in [0.25, 0.3) is 0 Å². The van der Waals surface area contributed by atoms with Crippen LogP contribution in [0.15, 0.2) is 60.7 Å². The van der Waals surface area contributed by atoms with Gasteiger partial charge in [0, 0.05) is 59.2 Å². The van der Waals surface area contributed by atoms with E-state index in [-0.39, 0.29) is 53.6 Å². The smallest absolute Gasteiger partial charge is 0.404 e. The molecule has 3 aliphatic carbocycles. The third-order valence-corrected chi connectivity index (χ3v) is 13.5. The Labute approximate surface area is 339 Å². The summed E-state index contributed by atoms with van der Waals surface area (Å²) in [5.41, 5.74) is 7.82. The van der Waals surface area contributed by atoms with Crippen LogP contribution in [-0.2, 0) is 23.7 Å². The second-order valence-corrected chi connectivity index (χ2v) is 18.2. The molecule has 4 amide bonds. The van der Waals surface area contributed by atoms with Crippen molar-refractivity contribution >= 4 is 93.3 Å². The van der Waals surface area contributed by atoms with Crippen LogP contribution in [0.1, 0.15) is 63.0 Å². The lowest BCUT2D eigenvalue weighted by Crippen LogP contribution is -2.73. The van der Waals surface area contributed by atoms with E-state index in [0.717, 1.165) is 21.9 Å². The van der Waals surface area contributed by atoms with Crippen LogP contribution in [-0.4, -0.2) is 70.3 Å². The second kappa shape index (κ2) is 14.2. The molecule has 0 radical (unpaired) electrons. The van der Waals surface area contributed by atoms with Gasteiger partial charge in [0.1, 0.15) is 11.8 Å². The molecular formula is C41H44Cl2N5O8P. The van der Waals surface area contributed by atoms with Gasteiger partial charge in [-0.25, -0.2) is 4.57 Å². The Bertz CT molecular complexity index is 2400. The summed E-state index contributed by atoms with van der Waals surface area (Å²) in [6.07, 6.45) is 1.04. The van der Waals surface area contributed by atoms with Gasteiger partial charge in [-0.1, -0.05) is 62.4 Å². The number of fused-ring (bicyclic) bond motifs is 6. The molecule has 9 rings (SSSR count). The molecule has 4 aromatic carbocycles. The average molecular weight is 837 g/mol. The summed E-state index contributed by atoms with van der Waals surface area (Å²) >= 11 is 13.0. The van der Waals surface area contributed by atoms with Crippen molar-refractivity contribution in [1.29, 1.82) is 0 Å². The highest BCUT2D eigenvalue weighted by Gasteiger charge is 2.76. The fourth-order valence-corrected chi connectivity index (χ4v) is 10.4. The molecule has 2 bridgehead atoms. The number of halogens is 2. The van der Waals surface area contributed by atoms with Gasteiger partial charge in [-0.3, -0.25) is 29.0 Å². The normalized spacial score (nSPS) is 24.4. The number of rotatable bonds is 11. The number of anilines is 3. The van der Waals surface area contributed by atoms with E-state index in [1.807, 2.05) is 50.2 Å². The first-order valence-electron chi connectivity index (χ1n) is 19.0. The summed E-state index contributed by atoms with van der Waals surface area (Å²) in [5.74, 6) is -1.19. The molecule has 3 fully saturated rings. The number of alkyl halides is 2. The van der Waals surface area contributed by atoms with Crippen molar-refractivity contribution in [3.63, 3.8) is 0 Å². The molecule has 0 spiro atoms. The highest BCUT2D eigenvalue weighted by Crippen LogP contribution is 2.75. The van der Waals surface area contributed by atoms with E-state index in [9.17, 15) is 33.5 Å². The summed E-state index contributed by atoms with van der Waals surface area (Å²) < 4.78 is 17.1. The predicted molar refractivity (Wildman–Crippen MR) is 220 cm³/mol. The maximum Gasteiger partial charge on any atom is 0.524 e. The highest BCUT2D eigenvalue weighted by atomic mass is 35.5. The maximum atomic E-state index is 14.6. The number of hydrogen-bond acceptors (Lipinski definition) is 7. The summed E-state index contributed by atoms with van der Waals surface area (Å²) in [4.78, 5) is 78.0. The maximum absolute atomic E-state index is 14.6. The first-order valence-corrected chi connectivity index (χ1v) is 21.6. The van der Waals surface area contributed by atoms with Crippen LogP contribution in [0.3, 0.4) is 0 Å². The standard InChI is InChI=1S/C41H44Cl2N5O8P/c1-21(2)35(44)37(50)45-22(3)36(49)46-29-12-30-33(27-10-6-4-8-25(27)29)23(14-42)16-47(30)38(51)40-18-41(19-40,20-40)39(52)48-17-24(15-43)34-28-11-7-5-9-26(28)32(13-31(34)48)56-57(53,54)55/h4-13,21-24,35H,14-20,44H2,1-3H3,(H,45,50)(H,46,49)(H2,53,54,55)/t22-,23+,24+,35-,40?,41?/m0/s1. The van der Waals surface area contributed by atoms with E-state index < -0.39 is 42.6 Å². The topological polar surface area (TPSA) is 192 Å². The number of phosphoric acid groups is 1. The Morgan fingerprint density at radius 1 is 0.807 bits per heavy atom. The van der Waals surface area contributed by atoms with Crippen molar-refractivity contribution in [3.8, 4) is 5.75 Å². The van der Waals surface area contributed by atoms with Gasteiger partial charge in [-0.2, -0.15) is 0 Å². The largest absolute Gasteiger partial charge is 0.524 e. The van der Waals surface area contributed by atoms with Crippen LogP contribution < -0.4 is 30.7 Å². The number of amides is 4. The van der Waals surface area contributed by atoms with E-state index in [1.165, 1.54) is 6.07 Å². The Kier molecular flexibility index (Phi) is 9.90. The van der Waals surface area contributed by atoms with Crippen molar-refractivity contribution < 1.29 is 38.1 Å². The molecule has 2 aliphatic heterocycles. The Morgan fingerprint density at radius 3 is 1.77 bits per heavy atom. The zero-order valence-corrected chi connectivity index (χ0v) is 34.0. The van der Waals surface area contributed by atoms with Crippen molar-refractivity contribution in [1.82, 2.24) is 5.32 Å². The van der Waals surface area contributed by atoms with Gasteiger partial charge >= 0.3 is 7.82 Å². The van der Waals surface area contributed by atoms with E-state index in [4.69, 9.17) is 33.5 Å². The molecule has 3 saturated carbocycles. The number of hydrogen-bond donors (Lipinski definition) is 5. The number of carbonyl (C=O) groups is 4. The molecule has 300 valence electrons. The third kappa shape index (κ3) is 6.47. The van der Waals surface area contributed by atoms with Crippen molar-refractivity contribution in [2.45, 2.75) is 64.0 Å². The van der Waals surface area contributed by atoms with Crippen molar-refractivity contribution in [2.24, 2.45) is 22.5 Å². The molecular weight excluding hydrogens is 792 g/mol. The lowest BCUT2D eigenvalue weighted by atomic mass is 9.34. The van der Waals surface area contributed by atoms with E-state index in [2.05, 4.69) is 10.6 Å². The molecule has 0 saturated heterocycles. The van der Waals surface area contributed by atoms with Crippen LogP contribution in [0.2, 0.25) is 0 Å². The quantitative estimate of drug-likeness (QED) is 0.0878. The monoisotopic (exact) mass is 835 g/mol. The lowest BCUT2D eigenvalue weighted by Gasteiger charge is -2.69. The van der Waals surface area contributed by atoms with Gasteiger partial charge in [-0.15, -0.1) is 23.2 Å².